The molecule has 2 rings (SSSR count). The number of benzene rings is 1. The van der Waals surface area contributed by atoms with Crippen molar-refractivity contribution in [3.05, 3.63) is 36.4 Å². The van der Waals surface area contributed by atoms with Crippen LogP contribution in [0.25, 0.3) is 0 Å². The number of carbonyl (C=O) groups is 1. The van der Waals surface area contributed by atoms with Crippen LogP contribution in [0, 0.1) is 0 Å². The van der Waals surface area contributed by atoms with Crippen LogP contribution in [-0.4, -0.2) is 24.7 Å². The lowest BCUT2D eigenvalue weighted by Crippen LogP contribution is -2.45. The number of hydrogen-bond donors (Lipinski definition) is 1. The van der Waals surface area contributed by atoms with Gasteiger partial charge in [-0.05, 0) is 24.1 Å². The molecular weight excluding hydrogens is 297 g/mol. The van der Waals surface area contributed by atoms with E-state index in [2.05, 4.69) is 6.58 Å². The summed E-state index contributed by atoms with van der Waals surface area (Å²) in [7, 11) is 0. The van der Waals surface area contributed by atoms with E-state index in [4.69, 9.17) is 10.5 Å². The van der Waals surface area contributed by atoms with Crippen LogP contribution in [0.5, 0.6) is 5.75 Å². The van der Waals surface area contributed by atoms with Crippen molar-refractivity contribution in [1.82, 2.24) is 0 Å². The zero-order valence-corrected chi connectivity index (χ0v) is 12.1. The molecule has 0 bridgehead atoms. The van der Waals surface area contributed by atoms with Crippen LogP contribution in [0.15, 0.2) is 30.9 Å². The van der Waals surface area contributed by atoms with Crippen molar-refractivity contribution in [3.8, 4) is 5.75 Å². The van der Waals surface area contributed by atoms with Gasteiger partial charge in [0.2, 0.25) is 0 Å². The third-order valence-corrected chi connectivity index (χ3v) is 3.48. The highest BCUT2D eigenvalue weighted by Crippen LogP contribution is 2.39. The Balaban J connectivity index is 2.46. The lowest BCUT2D eigenvalue weighted by molar-refractivity contribution is -0.149. The maximum absolute atomic E-state index is 12.8. The maximum Gasteiger partial charge on any atom is 0.407 e. The molecule has 2 unspecified atom stereocenters. The number of amides is 1. The van der Waals surface area contributed by atoms with Crippen LogP contribution in [-0.2, 0) is 4.79 Å². The highest BCUT2D eigenvalue weighted by Gasteiger charge is 2.39. The molecule has 0 aliphatic carbocycles. The van der Waals surface area contributed by atoms with Gasteiger partial charge in [-0.25, -0.2) is 0 Å². The van der Waals surface area contributed by atoms with Crippen molar-refractivity contribution < 1.29 is 22.7 Å². The average molecular weight is 314 g/mol. The average Bonchev–Trinajstić information content (AvgIpc) is 2.47. The molecule has 1 heterocycles. The van der Waals surface area contributed by atoms with Crippen LogP contribution in [0.3, 0.4) is 0 Å². The normalized spacial score (nSPS) is 19.4. The molecule has 1 aliphatic rings. The number of nitrogens with zero attached hydrogens (tertiary/aromatic N) is 1. The topological polar surface area (TPSA) is 55.6 Å². The molecule has 0 fully saturated rings. The molecular formula is C15H17F3N2O2. The number of fused-ring (bicyclic) bond motifs is 1. The summed E-state index contributed by atoms with van der Waals surface area (Å²) < 4.78 is 43.8. The molecule has 1 aliphatic heterocycles. The van der Waals surface area contributed by atoms with Crippen molar-refractivity contribution in [2.75, 3.05) is 11.4 Å². The first-order chi connectivity index (χ1) is 10.3. The fourth-order valence-electron chi connectivity index (χ4n) is 2.30. The minimum Gasteiger partial charge on any atom is -0.478 e. The SMILES string of the molecule is C=CCN1C(=O)C(CC)Oc2ccc(C(N)C(F)(F)F)cc21. The molecule has 1 aromatic carbocycles. The fraction of sp³-hybridized carbons (Fsp3) is 0.400. The van der Waals surface area contributed by atoms with Crippen LogP contribution in [0.4, 0.5) is 18.9 Å². The Bertz CT molecular complexity index is 587. The summed E-state index contributed by atoms with van der Waals surface area (Å²) in [6.45, 7) is 5.56. The molecule has 0 aromatic heterocycles. The van der Waals surface area contributed by atoms with Gasteiger partial charge in [-0.3, -0.25) is 4.79 Å². The summed E-state index contributed by atoms with van der Waals surface area (Å²) in [6.07, 6.45) is -3.22. The predicted octanol–water partition coefficient (Wildman–Crippen LogP) is 2.94. The van der Waals surface area contributed by atoms with Crippen LogP contribution < -0.4 is 15.4 Å². The van der Waals surface area contributed by atoms with Crippen molar-refractivity contribution in [2.45, 2.75) is 31.7 Å². The highest BCUT2D eigenvalue weighted by molar-refractivity contribution is 6.00. The van der Waals surface area contributed by atoms with Crippen molar-refractivity contribution >= 4 is 11.6 Å². The lowest BCUT2D eigenvalue weighted by Gasteiger charge is -2.34. The van der Waals surface area contributed by atoms with E-state index in [-0.39, 0.29) is 23.7 Å². The van der Waals surface area contributed by atoms with Gasteiger partial charge in [-0.15, -0.1) is 6.58 Å². The number of ether oxygens (including phenoxy) is 1. The number of hydrogen-bond acceptors (Lipinski definition) is 3. The minimum absolute atomic E-state index is 0.119. The summed E-state index contributed by atoms with van der Waals surface area (Å²) in [6, 6.07) is 1.83. The number of anilines is 1. The maximum atomic E-state index is 12.8. The second-order valence-corrected chi connectivity index (χ2v) is 5.00. The Labute approximate surface area is 126 Å². The monoisotopic (exact) mass is 314 g/mol. The van der Waals surface area contributed by atoms with Crippen molar-refractivity contribution in [2.24, 2.45) is 5.73 Å². The summed E-state index contributed by atoms with van der Waals surface area (Å²) >= 11 is 0. The molecule has 1 amide bonds. The summed E-state index contributed by atoms with van der Waals surface area (Å²) in [4.78, 5) is 13.7. The highest BCUT2D eigenvalue weighted by atomic mass is 19.4. The van der Waals surface area contributed by atoms with Gasteiger partial charge in [0, 0.05) is 6.54 Å². The third-order valence-electron chi connectivity index (χ3n) is 3.48. The standard InChI is InChI=1S/C15H17F3N2O2/c1-3-7-20-10-8-9(13(19)15(16,17)18)5-6-12(10)22-11(4-2)14(20)21/h3,5-6,8,11,13H,1,4,7,19H2,2H3. The Hall–Kier alpha value is -2.02. The summed E-state index contributed by atoms with van der Waals surface area (Å²) in [5, 5.41) is 0. The number of carbonyl (C=O) groups excluding carboxylic acids is 1. The Kier molecular flexibility index (Phi) is 4.46. The molecule has 1 aromatic rings. The first-order valence-electron chi connectivity index (χ1n) is 6.84. The van der Waals surface area contributed by atoms with Crippen molar-refractivity contribution in [1.29, 1.82) is 0 Å². The van der Waals surface area contributed by atoms with E-state index in [1.54, 1.807) is 6.92 Å². The molecule has 2 N–H and O–H groups in total. The summed E-state index contributed by atoms with van der Waals surface area (Å²) in [5.74, 6) is 0.0686. The fourth-order valence-corrected chi connectivity index (χ4v) is 2.30. The van der Waals surface area contributed by atoms with E-state index >= 15 is 0 Å². The van der Waals surface area contributed by atoms with Crippen molar-refractivity contribution in [3.63, 3.8) is 0 Å². The third kappa shape index (κ3) is 2.94. The Morgan fingerprint density at radius 2 is 2.18 bits per heavy atom. The van der Waals surface area contributed by atoms with Gasteiger partial charge in [-0.2, -0.15) is 13.2 Å². The van der Waals surface area contributed by atoms with E-state index in [9.17, 15) is 18.0 Å². The van der Waals surface area contributed by atoms with Gasteiger partial charge in [0.25, 0.3) is 5.91 Å². The number of rotatable bonds is 4. The van der Waals surface area contributed by atoms with E-state index in [1.165, 1.54) is 29.2 Å². The summed E-state index contributed by atoms with van der Waals surface area (Å²) in [5.41, 5.74) is 5.39. The number of nitrogens with two attached hydrogens (primary N) is 1. The lowest BCUT2D eigenvalue weighted by atomic mass is 10.0. The van der Waals surface area contributed by atoms with Gasteiger partial charge in [0.15, 0.2) is 6.10 Å². The van der Waals surface area contributed by atoms with E-state index in [1.807, 2.05) is 0 Å². The smallest absolute Gasteiger partial charge is 0.407 e. The molecule has 22 heavy (non-hydrogen) atoms. The van der Waals surface area contributed by atoms with Gasteiger partial charge in [-0.1, -0.05) is 19.1 Å². The van der Waals surface area contributed by atoms with Gasteiger partial charge in [0.05, 0.1) is 5.69 Å². The number of alkyl halides is 3. The molecule has 2 atom stereocenters. The first-order valence-corrected chi connectivity index (χ1v) is 6.84. The van der Waals surface area contributed by atoms with E-state index < -0.39 is 18.3 Å². The van der Waals surface area contributed by atoms with Crippen LogP contribution >= 0.6 is 0 Å². The molecule has 120 valence electrons. The molecule has 4 nitrogen and oxygen atoms in total. The zero-order chi connectivity index (χ0) is 16.5. The molecule has 0 radical (unpaired) electrons. The zero-order valence-electron chi connectivity index (χ0n) is 12.1. The molecule has 7 heteroatoms. The quantitative estimate of drug-likeness (QED) is 0.869. The molecule has 0 saturated heterocycles. The minimum atomic E-state index is -4.55. The first kappa shape index (κ1) is 16.4. The second-order valence-electron chi connectivity index (χ2n) is 5.00. The van der Waals surface area contributed by atoms with Gasteiger partial charge >= 0.3 is 6.18 Å². The van der Waals surface area contributed by atoms with Gasteiger partial charge in [0.1, 0.15) is 11.8 Å². The second kappa shape index (κ2) is 6.00. The molecule has 0 saturated carbocycles. The number of halogens is 3. The van der Waals surface area contributed by atoms with Crippen LogP contribution in [0.2, 0.25) is 0 Å². The van der Waals surface area contributed by atoms with E-state index in [0.29, 0.717) is 12.2 Å². The van der Waals surface area contributed by atoms with E-state index in [0.717, 1.165) is 0 Å². The van der Waals surface area contributed by atoms with Crippen LogP contribution in [0.1, 0.15) is 24.9 Å². The predicted molar refractivity (Wildman–Crippen MR) is 76.7 cm³/mol. The molecule has 0 spiro atoms. The Morgan fingerprint density at radius 3 is 2.73 bits per heavy atom. The van der Waals surface area contributed by atoms with Gasteiger partial charge < -0.3 is 15.4 Å². The Morgan fingerprint density at radius 1 is 1.50 bits per heavy atom. The largest absolute Gasteiger partial charge is 0.478 e.